The van der Waals surface area contributed by atoms with Crippen molar-refractivity contribution >= 4 is 27.5 Å². The number of carbonyl (C=O) groups is 1. The molecule has 1 saturated heterocycles. The number of nitrogens with zero attached hydrogens (tertiary/aromatic N) is 2. The Morgan fingerprint density at radius 3 is 2.61 bits per heavy atom. The highest BCUT2D eigenvalue weighted by Crippen LogP contribution is 2.24. The normalized spacial score (nSPS) is 18.9. The van der Waals surface area contributed by atoms with Crippen molar-refractivity contribution in [3.05, 3.63) is 82.3 Å². The van der Waals surface area contributed by atoms with Crippen LogP contribution in [0.5, 0.6) is 0 Å². The largest absolute Gasteiger partial charge is 0.331 e. The molecule has 2 unspecified atom stereocenters. The summed E-state index contributed by atoms with van der Waals surface area (Å²) in [6.07, 6.45) is 4.46. The maximum absolute atomic E-state index is 12.6. The number of imidazole rings is 1. The molecule has 1 amide bonds. The van der Waals surface area contributed by atoms with Crippen molar-refractivity contribution in [1.29, 1.82) is 0 Å². The van der Waals surface area contributed by atoms with E-state index in [1.807, 2.05) is 49.5 Å². The molecule has 0 radical (unpaired) electrons. The molecule has 1 fully saturated rings. The van der Waals surface area contributed by atoms with Gasteiger partial charge in [0.05, 0.1) is 0 Å². The highest BCUT2D eigenvalue weighted by Gasteiger charge is 2.30. The van der Waals surface area contributed by atoms with Crippen LogP contribution in [-0.2, 0) is 11.3 Å². The van der Waals surface area contributed by atoms with Crippen LogP contribution >= 0.6 is 15.9 Å². The number of aryl methyl sites for hydroxylation is 1. The average Bonchev–Trinajstić information content (AvgIpc) is 3.34. The molecular weight excluding hydrogens is 418 g/mol. The average molecular weight is 440 g/mol. The molecule has 2 atom stereocenters. The van der Waals surface area contributed by atoms with Gasteiger partial charge in [-0.1, -0.05) is 40.2 Å². The second kappa shape index (κ2) is 8.26. The maximum Gasteiger partial charge on any atom is 0.242 e. The first-order valence-electron chi connectivity index (χ1n) is 9.22. The lowest BCUT2D eigenvalue weighted by molar-refractivity contribution is -0.117. The van der Waals surface area contributed by atoms with Gasteiger partial charge >= 0.3 is 0 Å². The number of amides is 1. The minimum absolute atomic E-state index is 0.0367. The lowest BCUT2D eigenvalue weighted by Gasteiger charge is -2.12. The van der Waals surface area contributed by atoms with Crippen molar-refractivity contribution in [3.63, 3.8) is 0 Å². The van der Waals surface area contributed by atoms with Crippen molar-refractivity contribution in [2.45, 2.75) is 32.0 Å². The van der Waals surface area contributed by atoms with Crippen molar-refractivity contribution in [2.24, 2.45) is 0 Å². The Hall–Kier alpha value is -2.48. The minimum Gasteiger partial charge on any atom is -0.331 e. The van der Waals surface area contributed by atoms with Gasteiger partial charge in [0, 0.05) is 35.1 Å². The number of hydrogen-bond donors (Lipinski definition) is 3. The summed E-state index contributed by atoms with van der Waals surface area (Å²) in [6.45, 7) is 2.75. The Balaban J connectivity index is 1.33. The van der Waals surface area contributed by atoms with Crippen molar-refractivity contribution in [1.82, 2.24) is 20.4 Å². The van der Waals surface area contributed by atoms with E-state index in [-0.39, 0.29) is 18.0 Å². The van der Waals surface area contributed by atoms with Gasteiger partial charge in [0.25, 0.3) is 0 Å². The van der Waals surface area contributed by atoms with Crippen LogP contribution in [0.2, 0.25) is 0 Å². The molecule has 6 nitrogen and oxygen atoms in total. The number of rotatable bonds is 5. The fourth-order valence-electron chi connectivity index (χ4n) is 3.33. The summed E-state index contributed by atoms with van der Waals surface area (Å²) >= 11 is 3.45. The van der Waals surface area contributed by atoms with E-state index in [1.165, 1.54) is 0 Å². The molecule has 1 aliphatic heterocycles. The monoisotopic (exact) mass is 439 g/mol. The van der Waals surface area contributed by atoms with Crippen LogP contribution in [0.3, 0.4) is 0 Å². The summed E-state index contributed by atoms with van der Waals surface area (Å²) in [5.41, 5.74) is 9.43. The van der Waals surface area contributed by atoms with Crippen LogP contribution in [-0.4, -0.2) is 21.5 Å². The zero-order valence-electron chi connectivity index (χ0n) is 15.5. The molecule has 4 rings (SSSR count). The molecule has 7 heteroatoms. The Kier molecular flexibility index (Phi) is 5.57. The van der Waals surface area contributed by atoms with Crippen LogP contribution in [0, 0.1) is 6.92 Å². The third kappa shape index (κ3) is 4.32. The van der Waals surface area contributed by atoms with E-state index in [1.54, 1.807) is 6.20 Å². The summed E-state index contributed by atoms with van der Waals surface area (Å²) in [6, 6.07) is 15.9. The Morgan fingerprint density at radius 2 is 1.93 bits per heavy atom. The predicted octanol–water partition coefficient (Wildman–Crippen LogP) is 3.55. The Morgan fingerprint density at radius 1 is 1.18 bits per heavy atom. The van der Waals surface area contributed by atoms with E-state index in [0.717, 1.165) is 33.7 Å². The molecule has 1 aliphatic rings. The molecule has 2 aromatic carbocycles. The Labute approximate surface area is 172 Å². The third-order valence-electron chi connectivity index (χ3n) is 4.99. The van der Waals surface area contributed by atoms with E-state index in [4.69, 9.17) is 0 Å². The van der Waals surface area contributed by atoms with E-state index in [0.29, 0.717) is 6.42 Å². The van der Waals surface area contributed by atoms with Gasteiger partial charge < -0.3 is 9.88 Å². The number of benzene rings is 2. The lowest BCUT2D eigenvalue weighted by Crippen LogP contribution is -2.39. The summed E-state index contributed by atoms with van der Waals surface area (Å²) < 4.78 is 3.13. The third-order valence-corrected chi connectivity index (χ3v) is 5.52. The van der Waals surface area contributed by atoms with Gasteiger partial charge in [-0.3, -0.25) is 4.79 Å². The minimum atomic E-state index is -0.276. The first-order valence-corrected chi connectivity index (χ1v) is 10.0. The molecule has 1 aromatic heterocycles. The van der Waals surface area contributed by atoms with Gasteiger partial charge in [0.1, 0.15) is 11.9 Å². The molecule has 3 aromatic rings. The molecule has 0 saturated carbocycles. The zero-order valence-corrected chi connectivity index (χ0v) is 17.1. The lowest BCUT2D eigenvalue weighted by atomic mass is 10.0. The first-order chi connectivity index (χ1) is 13.6. The fourth-order valence-corrected chi connectivity index (χ4v) is 3.60. The summed E-state index contributed by atoms with van der Waals surface area (Å²) in [5.74, 6) is 0.947. The molecule has 28 heavy (non-hydrogen) atoms. The quantitative estimate of drug-likeness (QED) is 0.568. The fraction of sp³-hybridized carbons (Fsp3) is 0.238. The van der Waals surface area contributed by atoms with Crippen molar-refractivity contribution < 1.29 is 4.79 Å². The molecule has 0 spiro atoms. The predicted molar refractivity (Wildman–Crippen MR) is 113 cm³/mol. The highest BCUT2D eigenvalue weighted by atomic mass is 79.9. The molecule has 144 valence electrons. The number of halogens is 1. The second-order valence-corrected chi connectivity index (χ2v) is 7.89. The van der Waals surface area contributed by atoms with Gasteiger partial charge in [-0.2, -0.15) is 0 Å². The van der Waals surface area contributed by atoms with Gasteiger partial charge in [-0.25, -0.2) is 15.8 Å². The topological polar surface area (TPSA) is 71.0 Å². The van der Waals surface area contributed by atoms with Gasteiger partial charge in [-0.15, -0.1) is 0 Å². The standard InChI is InChI=1S/C21H22BrN5O/c1-14-23-10-11-27(14)13-15-2-8-18(9-3-15)24-21(28)20-12-19(25-26-20)16-4-6-17(22)7-5-16/h2-11,19-20,25-26H,12-13H2,1H3,(H,24,28). The van der Waals surface area contributed by atoms with Gasteiger partial charge in [0.2, 0.25) is 5.91 Å². The maximum atomic E-state index is 12.6. The van der Waals surface area contributed by atoms with E-state index in [2.05, 4.69) is 53.8 Å². The van der Waals surface area contributed by atoms with Crippen LogP contribution in [0.4, 0.5) is 5.69 Å². The Bertz CT molecular complexity index is 952. The number of anilines is 1. The van der Waals surface area contributed by atoms with E-state index >= 15 is 0 Å². The summed E-state index contributed by atoms with van der Waals surface area (Å²) in [4.78, 5) is 16.8. The molecule has 0 aliphatic carbocycles. The van der Waals surface area contributed by atoms with Gasteiger partial charge in [-0.05, 0) is 48.7 Å². The molecule has 2 heterocycles. The molecular formula is C21H22BrN5O. The van der Waals surface area contributed by atoms with Crippen LogP contribution in [0.1, 0.15) is 29.4 Å². The smallest absolute Gasteiger partial charge is 0.242 e. The second-order valence-electron chi connectivity index (χ2n) is 6.97. The summed E-state index contributed by atoms with van der Waals surface area (Å²) in [5, 5.41) is 2.99. The van der Waals surface area contributed by atoms with Crippen LogP contribution < -0.4 is 16.2 Å². The zero-order chi connectivity index (χ0) is 19.5. The van der Waals surface area contributed by atoms with Crippen LogP contribution in [0.15, 0.2) is 65.4 Å². The highest BCUT2D eigenvalue weighted by molar-refractivity contribution is 9.10. The number of hydrogen-bond acceptors (Lipinski definition) is 4. The van der Waals surface area contributed by atoms with Gasteiger partial charge in [0.15, 0.2) is 0 Å². The van der Waals surface area contributed by atoms with Crippen molar-refractivity contribution in [2.75, 3.05) is 5.32 Å². The number of hydrazine groups is 1. The molecule has 3 N–H and O–H groups in total. The van der Waals surface area contributed by atoms with E-state index < -0.39 is 0 Å². The first kappa shape index (κ1) is 18.9. The van der Waals surface area contributed by atoms with E-state index in [9.17, 15) is 4.79 Å². The number of nitrogens with one attached hydrogen (secondary N) is 3. The number of aromatic nitrogens is 2. The molecule has 0 bridgehead atoms. The number of carbonyl (C=O) groups excluding carboxylic acids is 1. The SMILES string of the molecule is Cc1nccn1Cc1ccc(NC(=O)C2CC(c3ccc(Br)cc3)NN2)cc1. The van der Waals surface area contributed by atoms with Crippen molar-refractivity contribution in [3.8, 4) is 0 Å². The summed E-state index contributed by atoms with van der Waals surface area (Å²) in [7, 11) is 0. The van der Waals surface area contributed by atoms with Crippen LogP contribution in [0.25, 0.3) is 0 Å².